The second-order valence-electron chi connectivity index (χ2n) is 5.75. The van der Waals surface area contributed by atoms with E-state index in [1.807, 2.05) is 42.3 Å². The Balaban J connectivity index is 2.21. The van der Waals surface area contributed by atoms with Crippen molar-refractivity contribution in [3.8, 4) is 0 Å². The Kier molecular flexibility index (Phi) is 6.09. The largest absolute Gasteiger partial charge is 0.351 e. The van der Waals surface area contributed by atoms with E-state index >= 15 is 0 Å². The molecule has 3 amide bonds. The molecule has 0 aliphatic carbocycles. The summed E-state index contributed by atoms with van der Waals surface area (Å²) in [6.45, 7) is 2.69. The molecule has 5 nitrogen and oxygen atoms in total. The van der Waals surface area contributed by atoms with E-state index < -0.39 is 18.0 Å². The second kappa shape index (κ2) is 8.26. The summed E-state index contributed by atoms with van der Waals surface area (Å²) in [7, 11) is 1.85. The molecule has 2 aromatic rings. The molecule has 0 saturated carbocycles. The van der Waals surface area contributed by atoms with Crippen molar-refractivity contribution in [3.05, 3.63) is 71.3 Å². The lowest BCUT2D eigenvalue weighted by atomic mass is 10.0. The molecule has 0 fully saturated rings. The van der Waals surface area contributed by atoms with Crippen LogP contribution in [0.2, 0.25) is 0 Å². The van der Waals surface area contributed by atoms with Crippen molar-refractivity contribution >= 4 is 11.9 Å². The summed E-state index contributed by atoms with van der Waals surface area (Å²) >= 11 is 0. The molecule has 0 radical (unpaired) electrons. The maximum atomic E-state index is 12.4. The molecule has 0 aliphatic rings. The van der Waals surface area contributed by atoms with Crippen LogP contribution in [0.25, 0.3) is 0 Å². The maximum absolute atomic E-state index is 12.4. The number of likely N-dealkylation sites (N-methyl/N-ethyl adjacent to an activating group) is 1. The van der Waals surface area contributed by atoms with Gasteiger partial charge in [-0.15, -0.1) is 0 Å². The third-order valence-electron chi connectivity index (χ3n) is 3.91. The van der Waals surface area contributed by atoms with Gasteiger partial charge < -0.3 is 5.73 Å². The van der Waals surface area contributed by atoms with Gasteiger partial charge in [-0.05, 0) is 30.2 Å². The number of hydrogen-bond donors (Lipinski definition) is 2. The molecule has 0 saturated heterocycles. The standard InChI is InChI=1S/C19H23N3O2/c1-3-14-9-11-15(12-10-14)13-22(2)17(18(23)21-19(20)24)16-7-5-4-6-8-16/h4-12,17H,3,13H2,1-2H3,(H3,20,21,23,24)/t17-/m0/s1. The highest BCUT2D eigenvalue weighted by atomic mass is 16.2. The van der Waals surface area contributed by atoms with Crippen molar-refractivity contribution in [1.29, 1.82) is 0 Å². The van der Waals surface area contributed by atoms with Gasteiger partial charge >= 0.3 is 6.03 Å². The number of rotatable bonds is 6. The third-order valence-corrected chi connectivity index (χ3v) is 3.91. The lowest BCUT2D eigenvalue weighted by Gasteiger charge is -2.27. The Morgan fingerprint density at radius 3 is 2.17 bits per heavy atom. The van der Waals surface area contributed by atoms with Crippen molar-refractivity contribution in [1.82, 2.24) is 10.2 Å². The predicted molar refractivity (Wildman–Crippen MR) is 94.2 cm³/mol. The van der Waals surface area contributed by atoms with Crippen molar-refractivity contribution in [2.75, 3.05) is 7.05 Å². The molecule has 1 atom stereocenters. The summed E-state index contributed by atoms with van der Waals surface area (Å²) in [6, 6.07) is 16.2. The van der Waals surface area contributed by atoms with Gasteiger partial charge in [0.25, 0.3) is 0 Å². The molecule has 0 heterocycles. The highest BCUT2D eigenvalue weighted by molar-refractivity contribution is 5.96. The lowest BCUT2D eigenvalue weighted by molar-refractivity contribution is -0.125. The first-order chi connectivity index (χ1) is 11.5. The third kappa shape index (κ3) is 4.67. The average Bonchev–Trinajstić information content (AvgIpc) is 2.56. The molecule has 2 rings (SSSR count). The molecule has 0 spiro atoms. The number of benzene rings is 2. The second-order valence-corrected chi connectivity index (χ2v) is 5.75. The predicted octanol–water partition coefficient (Wildman–Crippen LogP) is 2.62. The van der Waals surface area contributed by atoms with E-state index in [0.29, 0.717) is 6.54 Å². The van der Waals surface area contributed by atoms with Crippen LogP contribution in [-0.4, -0.2) is 23.9 Å². The van der Waals surface area contributed by atoms with Gasteiger partial charge in [-0.25, -0.2) is 4.79 Å². The Bertz CT molecular complexity index is 684. The summed E-state index contributed by atoms with van der Waals surface area (Å²) in [5.41, 5.74) is 8.28. The van der Waals surface area contributed by atoms with E-state index in [1.165, 1.54) is 5.56 Å². The number of carbonyl (C=O) groups is 2. The zero-order chi connectivity index (χ0) is 17.5. The van der Waals surface area contributed by atoms with Gasteiger partial charge in [-0.2, -0.15) is 0 Å². The van der Waals surface area contributed by atoms with Gasteiger partial charge in [0, 0.05) is 6.54 Å². The topological polar surface area (TPSA) is 75.4 Å². The fraction of sp³-hybridized carbons (Fsp3) is 0.263. The van der Waals surface area contributed by atoms with Crippen molar-refractivity contribution < 1.29 is 9.59 Å². The molecule has 0 aromatic heterocycles. The number of urea groups is 1. The van der Waals surface area contributed by atoms with E-state index in [9.17, 15) is 9.59 Å². The van der Waals surface area contributed by atoms with Crippen LogP contribution in [0, 0.1) is 0 Å². The molecule has 126 valence electrons. The smallest absolute Gasteiger partial charge is 0.318 e. The van der Waals surface area contributed by atoms with Crippen molar-refractivity contribution in [3.63, 3.8) is 0 Å². The minimum absolute atomic E-state index is 0.429. The van der Waals surface area contributed by atoms with E-state index in [1.54, 1.807) is 0 Å². The van der Waals surface area contributed by atoms with Crippen LogP contribution in [0.4, 0.5) is 4.79 Å². The Morgan fingerprint density at radius 1 is 1.04 bits per heavy atom. The maximum Gasteiger partial charge on any atom is 0.318 e. The Morgan fingerprint density at radius 2 is 1.62 bits per heavy atom. The minimum atomic E-state index is -0.846. The summed E-state index contributed by atoms with van der Waals surface area (Å²) < 4.78 is 0. The van der Waals surface area contributed by atoms with E-state index in [2.05, 4.69) is 36.5 Å². The first kappa shape index (κ1) is 17.7. The number of imide groups is 1. The van der Waals surface area contributed by atoms with Crippen molar-refractivity contribution in [2.45, 2.75) is 25.9 Å². The molecule has 3 N–H and O–H groups in total. The van der Waals surface area contributed by atoms with Crippen molar-refractivity contribution in [2.24, 2.45) is 5.73 Å². The normalized spacial score (nSPS) is 12.0. The highest BCUT2D eigenvalue weighted by Crippen LogP contribution is 2.22. The van der Waals surface area contributed by atoms with E-state index in [4.69, 9.17) is 5.73 Å². The van der Waals surface area contributed by atoms with Crippen LogP contribution in [0.15, 0.2) is 54.6 Å². The van der Waals surface area contributed by atoms with Gasteiger partial charge in [-0.3, -0.25) is 15.0 Å². The SMILES string of the molecule is CCc1ccc(CN(C)[C@H](C(=O)NC(N)=O)c2ccccc2)cc1. The average molecular weight is 325 g/mol. The zero-order valence-electron chi connectivity index (χ0n) is 14.0. The molecule has 5 heteroatoms. The molecule has 0 unspecified atom stereocenters. The fourth-order valence-corrected chi connectivity index (χ4v) is 2.69. The molecule has 24 heavy (non-hydrogen) atoms. The molecule has 0 aliphatic heterocycles. The summed E-state index contributed by atoms with van der Waals surface area (Å²) in [5, 5.41) is 2.18. The van der Waals surface area contributed by atoms with Crippen LogP contribution in [0.1, 0.15) is 29.7 Å². The van der Waals surface area contributed by atoms with Gasteiger partial charge in [0.1, 0.15) is 6.04 Å². The lowest BCUT2D eigenvalue weighted by Crippen LogP contribution is -2.43. The molecule has 2 aromatic carbocycles. The number of hydrogen-bond acceptors (Lipinski definition) is 3. The number of aryl methyl sites for hydroxylation is 1. The number of nitrogens with one attached hydrogen (secondary N) is 1. The minimum Gasteiger partial charge on any atom is -0.351 e. The zero-order valence-corrected chi connectivity index (χ0v) is 14.0. The summed E-state index contributed by atoms with van der Waals surface area (Å²) in [6.07, 6.45) is 0.990. The van der Waals surface area contributed by atoms with Crippen LogP contribution >= 0.6 is 0 Å². The van der Waals surface area contributed by atoms with Gasteiger partial charge in [-0.1, -0.05) is 61.5 Å². The first-order valence-corrected chi connectivity index (χ1v) is 7.94. The number of nitrogens with two attached hydrogens (primary N) is 1. The monoisotopic (exact) mass is 325 g/mol. The Labute approximate surface area is 142 Å². The number of amides is 3. The van der Waals surface area contributed by atoms with Crippen LogP contribution < -0.4 is 11.1 Å². The van der Waals surface area contributed by atoms with Gasteiger partial charge in [0.2, 0.25) is 5.91 Å². The number of primary amides is 1. The molecular weight excluding hydrogens is 302 g/mol. The molecular formula is C19H23N3O2. The Hall–Kier alpha value is -2.66. The summed E-state index contributed by atoms with van der Waals surface area (Å²) in [5.74, 6) is -0.429. The van der Waals surface area contributed by atoms with Gasteiger partial charge in [0.15, 0.2) is 0 Å². The molecule has 0 bridgehead atoms. The quantitative estimate of drug-likeness (QED) is 0.857. The van der Waals surface area contributed by atoms with Gasteiger partial charge in [0.05, 0.1) is 0 Å². The number of nitrogens with zero attached hydrogens (tertiary/aromatic N) is 1. The first-order valence-electron chi connectivity index (χ1n) is 7.94. The fourth-order valence-electron chi connectivity index (χ4n) is 2.69. The van der Waals surface area contributed by atoms with Crippen LogP contribution in [-0.2, 0) is 17.8 Å². The van der Waals surface area contributed by atoms with E-state index in [-0.39, 0.29) is 0 Å². The van der Waals surface area contributed by atoms with E-state index in [0.717, 1.165) is 17.5 Å². The summed E-state index contributed by atoms with van der Waals surface area (Å²) in [4.78, 5) is 25.4. The van der Waals surface area contributed by atoms with Crippen LogP contribution in [0.5, 0.6) is 0 Å². The number of carbonyl (C=O) groups excluding carboxylic acids is 2. The highest BCUT2D eigenvalue weighted by Gasteiger charge is 2.26. The van der Waals surface area contributed by atoms with Crippen LogP contribution in [0.3, 0.4) is 0 Å².